The molecule has 26 heavy (non-hydrogen) atoms. The first-order valence-corrected chi connectivity index (χ1v) is 8.73. The molecule has 2 N–H and O–H groups in total. The van der Waals surface area contributed by atoms with E-state index in [9.17, 15) is 4.79 Å². The summed E-state index contributed by atoms with van der Waals surface area (Å²) < 4.78 is 0. The Balaban J connectivity index is 1.52. The summed E-state index contributed by atoms with van der Waals surface area (Å²) in [5, 5.41) is 7.23. The molecule has 1 amide bonds. The van der Waals surface area contributed by atoms with Crippen LogP contribution in [-0.4, -0.2) is 22.4 Å². The van der Waals surface area contributed by atoms with Crippen molar-refractivity contribution in [3.05, 3.63) is 82.1 Å². The van der Waals surface area contributed by atoms with Crippen molar-refractivity contribution in [2.45, 2.75) is 6.42 Å². The zero-order valence-electron chi connectivity index (χ0n) is 13.7. The van der Waals surface area contributed by atoms with Gasteiger partial charge in [0, 0.05) is 34.7 Å². The molecular weight excluding hydrogens is 371 g/mol. The monoisotopic (exact) mass is 386 g/mol. The van der Waals surface area contributed by atoms with Crippen LogP contribution in [0.15, 0.2) is 60.9 Å². The molecule has 0 saturated heterocycles. The third kappa shape index (κ3) is 5.18. The third-order valence-electron chi connectivity index (χ3n) is 3.60. The highest BCUT2D eigenvalue weighted by atomic mass is 35.5. The van der Waals surface area contributed by atoms with Gasteiger partial charge in [-0.15, -0.1) is 0 Å². The Morgan fingerprint density at radius 1 is 0.962 bits per heavy atom. The Morgan fingerprint density at radius 2 is 1.69 bits per heavy atom. The van der Waals surface area contributed by atoms with Crippen LogP contribution < -0.4 is 10.6 Å². The summed E-state index contributed by atoms with van der Waals surface area (Å²) in [4.78, 5) is 20.5. The number of anilines is 2. The van der Waals surface area contributed by atoms with Crippen LogP contribution in [0.3, 0.4) is 0 Å². The number of nitrogens with one attached hydrogen (secondary N) is 2. The molecular formula is C19H16Cl2N4O. The van der Waals surface area contributed by atoms with E-state index in [2.05, 4.69) is 20.6 Å². The Kier molecular flexibility index (Phi) is 6.04. The van der Waals surface area contributed by atoms with Crippen LogP contribution in [0, 0.1) is 0 Å². The zero-order chi connectivity index (χ0) is 18.4. The summed E-state index contributed by atoms with van der Waals surface area (Å²) in [6.07, 6.45) is 3.67. The number of nitrogens with zero attached hydrogens (tertiary/aromatic N) is 2. The normalized spacial score (nSPS) is 10.4. The van der Waals surface area contributed by atoms with Gasteiger partial charge in [-0.3, -0.25) is 4.79 Å². The van der Waals surface area contributed by atoms with E-state index in [-0.39, 0.29) is 5.91 Å². The number of aromatic nitrogens is 2. The van der Waals surface area contributed by atoms with Gasteiger partial charge in [0.25, 0.3) is 5.91 Å². The first-order chi connectivity index (χ1) is 12.6. The van der Waals surface area contributed by atoms with Crippen molar-refractivity contribution >= 4 is 40.7 Å². The second kappa shape index (κ2) is 8.65. The van der Waals surface area contributed by atoms with Crippen LogP contribution in [-0.2, 0) is 6.42 Å². The number of benzene rings is 2. The summed E-state index contributed by atoms with van der Waals surface area (Å²) in [7, 11) is 0. The molecule has 0 fully saturated rings. The summed E-state index contributed by atoms with van der Waals surface area (Å²) in [5.74, 6) is 0.188. The average molecular weight is 387 g/mol. The van der Waals surface area contributed by atoms with E-state index in [0.717, 1.165) is 11.3 Å². The number of hydrogen-bond acceptors (Lipinski definition) is 4. The molecule has 0 spiro atoms. The van der Waals surface area contributed by atoms with Crippen LogP contribution in [0.4, 0.5) is 11.6 Å². The Labute approximate surface area is 161 Å². The lowest BCUT2D eigenvalue weighted by atomic mass is 10.1. The van der Waals surface area contributed by atoms with E-state index in [1.165, 1.54) is 12.4 Å². The molecule has 0 saturated carbocycles. The molecule has 7 heteroatoms. The number of carbonyl (C=O) groups is 1. The first kappa shape index (κ1) is 18.2. The number of carbonyl (C=O) groups excluding carboxylic acids is 1. The third-order valence-corrected chi connectivity index (χ3v) is 4.09. The van der Waals surface area contributed by atoms with Gasteiger partial charge < -0.3 is 10.6 Å². The highest BCUT2D eigenvalue weighted by molar-refractivity contribution is 6.30. The van der Waals surface area contributed by atoms with Crippen molar-refractivity contribution < 1.29 is 4.79 Å². The lowest BCUT2D eigenvalue weighted by Gasteiger charge is -2.07. The number of halogens is 2. The molecule has 2 aromatic carbocycles. The van der Waals surface area contributed by atoms with Crippen molar-refractivity contribution in [3.63, 3.8) is 0 Å². The van der Waals surface area contributed by atoms with E-state index in [1.54, 1.807) is 12.1 Å². The molecule has 0 aliphatic carbocycles. The van der Waals surface area contributed by atoms with Gasteiger partial charge in [0.15, 0.2) is 0 Å². The van der Waals surface area contributed by atoms with Gasteiger partial charge in [-0.2, -0.15) is 0 Å². The van der Waals surface area contributed by atoms with Gasteiger partial charge in [0.2, 0.25) is 5.95 Å². The van der Waals surface area contributed by atoms with E-state index in [0.29, 0.717) is 34.5 Å². The summed E-state index contributed by atoms with van der Waals surface area (Å²) in [6.45, 7) is 0.504. The van der Waals surface area contributed by atoms with Crippen LogP contribution >= 0.6 is 23.2 Å². The number of hydrogen-bond donors (Lipinski definition) is 2. The van der Waals surface area contributed by atoms with Crippen LogP contribution in [0.5, 0.6) is 0 Å². The Morgan fingerprint density at radius 3 is 2.38 bits per heavy atom. The summed E-state index contributed by atoms with van der Waals surface area (Å²) >= 11 is 11.8. The van der Waals surface area contributed by atoms with Gasteiger partial charge >= 0.3 is 0 Å². The molecule has 3 aromatic rings. The van der Waals surface area contributed by atoms with Crippen molar-refractivity contribution in [2.75, 3.05) is 11.9 Å². The summed E-state index contributed by atoms with van der Waals surface area (Å²) in [5.41, 5.74) is 2.28. The maximum absolute atomic E-state index is 12.2. The van der Waals surface area contributed by atoms with E-state index in [4.69, 9.17) is 23.2 Å². The van der Waals surface area contributed by atoms with E-state index < -0.39 is 0 Å². The Bertz CT molecular complexity index is 883. The van der Waals surface area contributed by atoms with Crippen molar-refractivity contribution in [1.82, 2.24) is 15.3 Å². The molecule has 5 nitrogen and oxygen atoms in total. The predicted molar refractivity (Wildman–Crippen MR) is 104 cm³/mol. The van der Waals surface area contributed by atoms with Crippen LogP contribution in [0.2, 0.25) is 10.0 Å². The standard InChI is InChI=1S/C19H16Cl2N4O/c20-15-4-6-17(7-5-15)25-19-23-11-14(12-24-19)18(26)22-9-8-13-2-1-3-16(21)10-13/h1-7,10-12H,8-9H2,(H,22,26)(H,23,24,25). The number of amides is 1. The fourth-order valence-corrected chi connectivity index (χ4v) is 2.63. The molecule has 0 radical (unpaired) electrons. The molecule has 0 atom stereocenters. The smallest absolute Gasteiger partial charge is 0.254 e. The van der Waals surface area contributed by atoms with Crippen molar-refractivity contribution in [3.8, 4) is 0 Å². The highest BCUT2D eigenvalue weighted by Gasteiger charge is 2.07. The maximum atomic E-state index is 12.2. The number of rotatable bonds is 6. The average Bonchev–Trinajstić information content (AvgIpc) is 2.64. The Hall–Kier alpha value is -2.63. The SMILES string of the molecule is O=C(NCCc1cccc(Cl)c1)c1cnc(Nc2ccc(Cl)cc2)nc1. The van der Waals surface area contributed by atoms with Crippen LogP contribution in [0.1, 0.15) is 15.9 Å². The van der Waals surface area contributed by atoms with Gasteiger partial charge in [0.05, 0.1) is 5.56 Å². The lowest BCUT2D eigenvalue weighted by Crippen LogP contribution is -2.26. The largest absolute Gasteiger partial charge is 0.352 e. The second-order valence-electron chi connectivity index (χ2n) is 5.56. The zero-order valence-corrected chi connectivity index (χ0v) is 15.3. The predicted octanol–water partition coefficient (Wildman–Crippen LogP) is 4.50. The fourth-order valence-electron chi connectivity index (χ4n) is 2.29. The molecule has 1 heterocycles. The topological polar surface area (TPSA) is 66.9 Å². The molecule has 3 rings (SSSR count). The minimum atomic E-state index is -0.218. The molecule has 1 aromatic heterocycles. The molecule has 0 bridgehead atoms. The molecule has 0 unspecified atom stereocenters. The van der Waals surface area contributed by atoms with Crippen molar-refractivity contribution in [2.24, 2.45) is 0 Å². The minimum Gasteiger partial charge on any atom is -0.352 e. The van der Waals surface area contributed by atoms with E-state index >= 15 is 0 Å². The van der Waals surface area contributed by atoms with Crippen LogP contribution in [0.25, 0.3) is 0 Å². The second-order valence-corrected chi connectivity index (χ2v) is 6.44. The fraction of sp³-hybridized carbons (Fsp3) is 0.105. The van der Waals surface area contributed by atoms with Gasteiger partial charge in [-0.25, -0.2) is 9.97 Å². The van der Waals surface area contributed by atoms with E-state index in [1.807, 2.05) is 36.4 Å². The first-order valence-electron chi connectivity index (χ1n) is 7.97. The molecule has 0 aliphatic heterocycles. The maximum Gasteiger partial charge on any atom is 0.254 e. The van der Waals surface area contributed by atoms with Crippen molar-refractivity contribution in [1.29, 1.82) is 0 Å². The summed E-state index contributed by atoms with van der Waals surface area (Å²) in [6, 6.07) is 14.7. The highest BCUT2D eigenvalue weighted by Crippen LogP contribution is 2.16. The quantitative estimate of drug-likeness (QED) is 0.654. The lowest BCUT2D eigenvalue weighted by molar-refractivity contribution is 0.0953. The minimum absolute atomic E-state index is 0.218. The van der Waals surface area contributed by atoms with Gasteiger partial charge in [-0.05, 0) is 48.4 Å². The molecule has 132 valence electrons. The van der Waals surface area contributed by atoms with Gasteiger partial charge in [0.1, 0.15) is 0 Å². The molecule has 0 aliphatic rings. The van der Waals surface area contributed by atoms with Gasteiger partial charge in [-0.1, -0.05) is 35.3 Å².